The Hall–Kier alpha value is -2.73. The second-order valence-corrected chi connectivity index (χ2v) is 8.32. The largest absolute Gasteiger partial charge is 0.497 e. The predicted octanol–water partition coefficient (Wildman–Crippen LogP) is 4.86. The van der Waals surface area contributed by atoms with E-state index in [4.69, 9.17) is 9.73 Å². The van der Waals surface area contributed by atoms with Gasteiger partial charge < -0.3 is 14.2 Å². The highest BCUT2D eigenvalue weighted by molar-refractivity contribution is 8.14. The van der Waals surface area contributed by atoms with Crippen LogP contribution >= 0.6 is 11.8 Å². The summed E-state index contributed by atoms with van der Waals surface area (Å²) in [5.74, 6) is 1.96. The molecule has 2 aliphatic heterocycles. The van der Waals surface area contributed by atoms with Gasteiger partial charge in [0.1, 0.15) is 17.8 Å². The summed E-state index contributed by atoms with van der Waals surface area (Å²) in [6.45, 7) is 2.27. The monoisotopic (exact) mass is 404 g/mol. The summed E-state index contributed by atoms with van der Waals surface area (Å²) in [7, 11) is 1.70. The molecule has 0 amide bonds. The molecule has 29 heavy (non-hydrogen) atoms. The zero-order valence-electron chi connectivity index (χ0n) is 16.6. The quantitative estimate of drug-likeness (QED) is 0.609. The number of ether oxygens (including phenoxy) is 1. The molecule has 0 saturated carbocycles. The molecule has 148 valence electrons. The molecule has 6 heteroatoms. The van der Waals surface area contributed by atoms with E-state index >= 15 is 0 Å². The van der Waals surface area contributed by atoms with Gasteiger partial charge in [-0.05, 0) is 55.0 Å². The van der Waals surface area contributed by atoms with Crippen LogP contribution in [0.25, 0.3) is 5.69 Å². The fourth-order valence-electron chi connectivity index (χ4n) is 4.28. The average molecular weight is 405 g/mol. The van der Waals surface area contributed by atoms with Gasteiger partial charge in [-0.1, -0.05) is 24.8 Å². The van der Waals surface area contributed by atoms with Crippen molar-refractivity contribution in [1.29, 1.82) is 0 Å². The van der Waals surface area contributed by atoms with E-state index in [1.807, 2.05) is 36.2 Å². The fraction of sp³-hybridized carbons (Fsp3) is 0.304. The first-order chi connectivity index (χ1) is 14.3. The molecule has 1 aromatic carbocycles. The van der Waals surface area contributed by atoms with Gasteiger partial charge in [0.05, 0.1) is 12.8 Å². The van der Waals surface area contributed by atoms with Gasteiger partial charge in [-0.3, -0.25) is 9.98 Å². The number of benzene rings is 1. The SMILES string of the molecule is CC[C@@H]1CSC2=N[C@@H](c3ccccn3)[C@@H](c3cccn3-c3ccc(OC)cc3)N21. The van der Waals surface area contributed by atoms with Gasteiger partial charge in [-0.25, -0.2) is 0 Å². The Bertz CT molecular complexity index is 1010. The van der Waals surface area contributed by atoms with Gasteiger partial charge in [0.2, 0.25) is 0 Å². The van der Waals surface area contributed by atoms with E-state index < -0.39 is 0 Å². The van der Waals surface area contributed by atoms with Crippen LogP contribution in [0.15, 0.2) is 72.0 Å². The van der Waals surface area contributed by atoms with Crippen LogP contribution in [0, 0.1) is 0 Å². The lowest BCUT2D eigenvalue weighted by Crippen LogP contribution is -2.36. The maximum atomic E-state index is 5.33. The molecule has 5 nitrogen and oxygen atoms in total. The first-order valence-electron chi connectivity index (χ1n) is 10.0. The summed E-state index contributed by atoms with van der Waals surface area (Å²) in [5.41, 5.74) is 3.39. The van der Waals surface area contributed by atoms with Crippen molar-refractivity contribution < 1.29 is 4.74 Å². The molecule has 3 aromatic rings. The molecule has 2 aliphatic rings. The highest BCUT2D eigenvalue weighted by Crippen LogP contribution is 2.48. The number of aliphatic imine (C=N–C) groups is 1. The summed E-state index contributed by atoms with van der Waals surface area (Å²) in [4.78, 5) is 12.3. The van der Waals surface area contributed by atoms with E-state index in [1.54, 1.807) is 7.11 Å². The zero-order chi connectivity index (χ0) is 19.8. The van der Waals surface area contributed by atoms with Crippen molar-refractivity contribution in [3.05, 3.63) is 78.4 Å². The van der Waals surface area contributed by atoms with E-state index in [0.29, 0.717) is 6.04 Å². The van der Waals surface area contributed by atoms with E-state index in [2.05, 4.69) is 64.0 Å². The number of rotatable bonds is 5. The summed E-state index contributed by atoms with van der Waals surface area (Å²) < 4.78 is 7.60. The van der Waals surface area contributed by atoms with E-state index in [-0.39, 0.29) is 12.1 Å². The van der Waals surface area contributed by atoms with Crippen LogP contribution in [0.1, 0.15) is 36.8 Å². The number of aromatic nitrogens is 2. The van der Waals surface area contributed by atoms with E-state index in [1.165, 1.54) is 5.69 Å². The van der Waals surface area contributed by atoms with Crippen LogP contribution in [-0.4, -0.2) is 38.5 Å². The lowest BCUT2D eigenvalue weighted by molar-refractivity contribution is 0.249. The van der Waals surface area contributed by atoms with Gasteiger partial charge in [-0.15, -0.1) is 0 Å². The van der Waals surface area contributed by atoms with Crippen molar-refractivity contribution in [2.75, 3.05) is 12.9 Å². The summed E-state index contributed by atoms with van der Waals surface area (Å²) in [6.07, 6.45) is 5.11. The molecule has 5 rings (SSSR count). The fourth-order valence-corrected chi connectivity index (χ4v) is 5.62. The molecule has 0 spiro atoms. The van der Waals surface area contributed by atoms with Gasteiger partial charge >= 0.3 is 0 Å². The normalized spacial score (nSPS) is 23.2. The summed E-state index contributed by atoms with van der Waals surface area (Å²) in [5, 5.41) is 1.15. The number of amidine groups is 1. The average Bonchev–Trinajstić information content (AvgIpc) is 3.49. The summed E-state index contributed by atoms with van der Waals surface area (Å²) in [6, 6.07) is 19.3. The van der Waals surface area contributed by atoms with E-state index in [0.717, 1.165) is 34.5 Å². The van der Waals surface area contributed by atoms with Crippen LogP contribution < -0.4 is 4.74 Å². The Balaban J connectivity index is 1.60. The number of pyridine rings is 1. The lowest BCUT2D eigenvalue weighted by Gasteiger charge is -2.32. The highest BCUT2D eigenvalue weighted by Gasteiger charge is 2.46. The molecule has 0 bridgehead atoms. The van der Waals surface area contributed by atoms with Crippen LogP contribution in [-0.2, 0) is 0 Å². The third-order valence-corrected chi connectivity index (χ3v) is 6.89. The van der Waals surface area contributed by atoms with Crippen molar-refractivity contribution in [3.63, 3.8) is 0 Å². The topological polar surface area (TPSA) is 42.6 Å². The van der Waals surface area contributed by atoms with Crippen molar-refractivity contribution in [2.24, 2.45) is 4.99 Å². The first-order valence-corrected chi connectivity index (χ1v) is 11.0. The van der Waals surface area contributed by atoms with Crippen LogP contribution in [0.5, 0.6) is 5.75 Å². The Kier molecular flexibility index (Phi) is 4.79. The Labute approximate surface area is 175 Å². The molecule has 0 N–H and O–H groups in total. The molecule has 3 atom stereocenters. The van der Waals surface area contributed by atoms with Crippen LogP contribution in [0.2, 0.25) is 0 Å². The smallest absolute Gasteiger partial charge is 0.160 e. The Morgan fingerprint density at radius 1 is 1.10 bits per heavy atom. The number of methoxy groups -OCH3 is 1. The number of hydrogen-bond acceptors (Lipinski definition) is 5. The highest BCUT2D eigenvalue weighted by atomic mass is 32.2. The van der Waals surface area contributed by atoms with Crippen molar-refractivity contribution in [3.8, 4) is 11.4 Å². The third-order valence-electron chi connectivity index (χ3n) is 5.76. The molecule has 0 aliphatic carbocycles. The van der Waals surface area contributed by atoms with Gasteiger partial charge in [0.25, 0.3) is 0 Å². The third kappa shape index (κ3) is 3.12. The number of hydrogen-bond donors (Lipinski definition) is 0. The second-order valence-electron chi connectivity index (χ2n) is 7.34. The molecule has 2 aromatic heterocycles. The standard InChI is InChI=1S/C23H24N4OS/c1-3-16-15-29-23-25-21(19-7-4-5-13-24-19)22(27(16)23)20-8-6-14-26(20)17-9-11-18(28-2)12-10-17/h4-14,16,21-22H,3,15H2,1-2H3/t16-,21+,22-/m1/s1. The lowest BCUT2D eigenvalue weighted by atomic mass is 9.99. The first kappa shape index (κ1) is 18.3. The van der Waals surface area contributed by atoms with Crippen molar-refractivity contribution in [1.82, 2.24) is 14.5 Å². The molecular formula is C23H24N4OS. The van der Waals surface area contributed by atoms with Gasteiger partial charge in [-0.2, -0.15) is 0 Å². The molecule has 0 unspecified atom stereocenters. The molecule has 4 heterocycles. The van der Waals surface area contributed by atoms with E-state index in [9.17, 15) is 0 Å². The minimum atomic E-state index is -0.0000478. The molecule has 1 fully saturated rings. The number of thioether (sulfide) groups is 1. The van der Waals surface area contributed by atoms with Gasteiger partial charge in [0.15, 0.2) is 5.17 Å². The maximum Gasteiger partial charge on any atom is 0.160 e. The second kappa shape index (κ2) is 7.59. The van der Waals surface area contributed by atoms with Crippen molar-refractivity contribution >= 4 is 16.9 Å². The Morgan fingerprint density at radius 3 is 2.69 bits per heavy atom. The molecular weight excluding hydrogens is 380 g/mol. The Morgan fingerprint density at radius 2 is 1.97 bits per heavy atom. The van der Waals surface area contributed by atoms with Crippen LogP contribution in [0.3, 0.4) is 0 Å². The maximum absolute atomic E-state index is 5.33. The van der Waals surface area contributed by atoms with Crippen LogP contribution in [0.4, 0.5) is 0 Å². The minimum Gasteiger partial charge on any atom is -0.497 e. The molecule has 1 saturated heterocycles. The number of nitrogens with zero attached hydrogens (tertiary/aromatic N) is 4. The zero-order valence-corrected chi connectivity index (χ0v) is 17.4. The predicted molar refractivity (Wildman–Crippen MR) is 118 cm³/mol. The van der Waals surface area contributed by atoms with Crippen molar-refractivity contribution in [2.45, 2.75) is 31.5 Å². The minimum absolute atomic E-state index is 0.0000478. The summed E-state index contributed by atoms with van der Waals surface area (Å²) >= 11 is 1.87. The van der Waals surface area contributed by atoms with Gasteiger partial charge in [0, 0.05) is 35.6 Å². The molecule has 0 radical (unpaired) electrons. The number of fused-ring (bicyclic) bond motifs is 1.